The molecule has 0 saturated heterocycles. The number of allylic oxidation sites excluding steroid dienone is 3. The number of hydrogen-bond donors (Lipinski definition) is 0. The van der Waals surface area contributed by atoms with Crippen molar-refractivity contribution in [2.75, 3.05) is 0 Å². The molecule has 0 bridgehead atoms. The zero-order valence-electron chi connectivity index (χ0n) is 11.9. The minimum absolute atomic E-state index is 0.197. The van der Waals surface area contributed by atoms with Crippen molar-refractivity contribution in [3.63, 3.8) is 0 Å². The van der Waals surface area contributed by atoms with Gasteiger partial charge in [0.2, 0.25) is 0 Å². The maximum atomic E-state index is 11.4. The number of amides is 1. The number of unbranched alkanes of at least 4 members (excludes halogenated alkanes) is 2. The maximum Gasteiger partial charge on any atom is 0.276 e. The summed E-state index contributed by atoms with van der Waals surface area (Å²) in [5.74, 6) is -0.490. The van der Waals surface area contributed by atoms with Crippen molar-refractivity contribution in [1.82, 2.24) is 0 Å². The van der Waals surface area contributed by atoms with Crippen LogP contribution in [0.5, 0.6) is 0 Å². The summed E-state index contributed by atoms with van der Waals surface area (Å²) < 4.78 is 0. The average molecular weight is 257 g/mol. The third-order valence-corrected chi connectivity index (χ3v) is 3.00. The zero-order valence-corrected chi connectivity index (χ0v) is 11.9. The van der Waals surface area contributed by atoms with Crippen LogP contribution in [0.1, 0.15) is 32.6 Å². The first-order valence-corrected chi connectivity index (χ1v) is 6.32. The van der Waals surface area contributed by atoms with Gasteiger partial charge in [-0.25, -0.2) is 4.99 Å². The van der Waals surface area contributed by atoms with Crippen molar-refractivity contribution < 1.29 is 4.79 Å². The standard InChI is InChI=1S/C17H23NO/c1-8-9-10-11-12(2)13(3)14(4)15(5)16(6)17(19)18-7/h2-11H2,1H3. The Morgan fingerprint density at radius 2 is 1.42 bits per heavy atom. The van der Waals surface area contributed by atoms with Gasteiger partial charge in [-0.2, -0.15) is 0 Å². The van der Waals surface area contributed by atoms with Gasteiger partial charge in [0, 0.05) is 5.57 Å². The quantitative estimate of drug-likeness (QED) is 0.257. The molecule has 0 fully saturated rings. The molecule has 0 rings (SSSR count). The van der Waals surface area contributed by atoms with E-state index < -0.39 is 5.91 Å². The second kappa shape index (κ2) is 8.20. The van der Waals surface area contributed by atoms with Crippen molar-refractivity contribution in [2.24, 2.45) is 4.99 Å². The molecule has 0 aromatic rings. The number of carbonyl (C=O) groups excluding carboxylic acids is 1. The molecule has 0 spiro atoms. The maximum absolute atomic E-state index is 11.4. The largest absolute Gasteiger partial charge is 0.276 e. The first-order chi connectivity index (χ1) is 8.86. The van der Waals surface area contributed by atoms with Crippen LogP contribution in [0.4, 0.5) is 0 Å². The Labute approximate surface area is 116 Å². The van der Waals surface area contributed by atoms with Gasteiger partial charge in [0.25, 0.3) is 5.91 Å². The molecule has 102 valence electrons. The highest BCUT2D eigenvalue weighted by atomic mass is 16.1. The lowest BCUT2D eigenvalue weighted by atomic mass is 9.90. The summed E-state index contributed by atoms with van der Waals surface area (Å²) in [6.45, 7) is 24.7. The van der Waals surface area contributed by atoms with Crippen LogP contribution < -0.4 is 0 Å². The normalized spacial score (nSPS) is 9.53. The van der Waals surface area contributed by atoms with Crippen LogP contribution in [-0.4, -0.2) is 12.6 Å². The Balaban J connectivity index is 4.65. The van der Waals surface area contributed by atoms with Gasteiger partial charge in [0.1, 0.15) is 0 Å². The van der Waals surface area contributed by atoms with Gasteiger partial charge in [-0.3, -0.25) is 4.79 Å². The Kier molecular flexibility index (Phi) is 7.35. The van der Waals surface area contributed by atoms with Crippen LogP contribution in [0.25, 0.3) is 0 Å². The molecule has 0 unspecified atom stereocenters. The van der Waals surface area contributed by atoms with Gasteiger partial charge >= 0.3 is 0 Å². The van der Waals surface area contributed by atoms with Crippen LogP contribution >= 0.6 is 0 Å². The van der Waals surface area contributed by atoms with Gasteiger partial charge in [-0.05, 0) is 41.9 Å². The molecule has 0 aromatic heterocycles. The lowest BCUT2D eigenvalue weighted by molar-refractivity contribution is -0.114. The zero-order chi connectivity index (χ0) is 15.0. The highest BCUT2D eigenvalue weighted by Gasteiger charge is 2.14. The van der Waals surface area contributed by atoms with Crippen LogP contribution in [0.2, 0.25) is 0 Å². The Morgan fingerprint density at radius 1 is 0.895 bits per heavy atom. The number of aliphatic imine (C=N–C) groups is 1. The summed E-state index contributed by atoms with van der Waals surface area (Å²) in [6, 6.07) is 0. The predicted molar refractivity (Wildman–Crippen MR) is 84.4 cm³/mol. The molecule has 0 aliphatic rings. The monoisotopic (exact) mass is 257 g/mol. The van der Waals surface area contributed by atoms with Gasteiger partial charge in [-0.1, -0.05) is 52.7 Å². The van der Waals surface area contributed by atoms with E-state index in [2.05, 4.69) is 51.5 Å². The van der Waals surface area contributed by atoms with Crippen LogP contribution in [0.3, 0.4) is 0 Å². The van der Waals surface area contributed by atoms with E-state index in [-0.39, 0.29) is 5.57 Å². The lowest BCUT2D eigenvalue weighted by Crippen LogP contribution is -2.03. The van der Waals surface area contributed by atoms with Gasteiger partial charge in [0.15, 0.2) is 0 Å². The van der Waals surface area contributed by atoms with E-state index in [1.54, 1.807) is 0 Å². The van der Waals surface area contributed by atoms with E-state index in [0.717, 1.165) is 36.8 Å². The topological polar surface area (TPSA) is 29.4 Å². The molecule has 1 amide bonds. The Hall–Kier alpha value is -1.96. The lowest BCUT2D eigenvalue weighted by Gasteiger charge is -2.14. The van der Waals surface area contributed by atoms with Crippen LogP contribution in [0, 0.1) is 0 Å². The van der Waals surface area contributed by atoms with Crippen LogP contribution in [-0.2, 0) is 4.79 Å². The molecule has 0 N–H and O–H groups in total. The van der Waals surface area contributed by atoms with E-state index in [9.17, 15) is 4.79 Å². The molecule has 0 radical (unpaired) electrons. The predicted octanol–water partition coefficient (Wildman–Crippen LogP) is 4.57. The van der Waals surface area contributed by atoms with Crippen molar-refractivity contribution >= 4 is 12.6 Å². The van der Waals surface area contributed by atoms with Gasteiger partial charge in [0.05, 0.1) is 0 Å². The highest BCUT2D eigenvalue weighted by Crippen LogP contribution is 2.27. The fourth-order valence-electron chi connectivity index (χ4n) is 1.54. The Bertz CT molecular complexity index is 452. The van der Waals surface area contributed by atoms with Crippen molar-refractivity contribution in [2.45, 2.75) is 32.6 Å². The Morgan fingerprint density at radius 3 is 1.89 bits per heavy atom. The molecule has 0 saturated carbocycles. The smallest absolute Gasteiger partial charge is 0.267 e. The minimum Gasteiger partial charge on any atom is -0.267 e. The van der Waals surface area contributed by atoms with Crippen molar-refractivity contribution in [1.29, 1.82) is 0 Å². The van der Waals surface area contributed by atoms with E-state index in [1.807, 2.05) is 0 Å². The second-order valence-corrected chi connectivity index (χ2v) is 4.44. The minimum atomic E-state index is -0.490. The molecule has 0 heterocycles. The number of carbonyl (C=O) groups is 1. The average Bonchev–Trinajstić information content (AvgIpc) is 2.43. The summed E-state index contributed by atoms with van der Waals surface area (Å²) in [6.07, 6.45) is 4.26. The second-order valence-electron chi connectivity index (χ2n) is 4.44. The molecule has 2 nitrogen and oxygen atoms in total. The summed E-state index contributed by atoms with van der Waals surface area (Å²) in [7, 11) is 0. The third kappa shape index (κ3) is 5.04. The van der Waals surface area contributed by atoms with Crippen LogP contribution in [0.15, 0.2) is 65.8 Å². The molecule has 0 aromatic carbocycles. The van der Waals surface area contributed by atoms with Crippen molar-refractivity contribution in [3.8, 4) is 0 Å². The summed E-state index contributed by atoms with van der Waals surface area (Å²) in [5, 5.41) is 0. The molecule has 0 aliphatic carbocycles. The third-order valence-electron chi connectivity index (χ3n) is 3.00. The first kappa shape index (κ1) is 17.0. The molecule has 0 atom stereocenters. The van der Waals surface area contributed by atoms with E-state index in [4.69, 9.17) is 0 Å². The van der Waals surface area contributed by atoms with Gasteiger partial charge in [-0.15, -0.1) is 0 Å². The van der Waals surface area contributed by atoms with E-state index in [1.165, 1.54) is 0 Å². The van der Waals surface area contributed by atoms with E-state index >= 15 is 0 Å². The number of hydrogen-bond acceptors (Lipinski definition) is 1. The number of rotatable bonds is 9. The summed E-state index contributed by atoms with van der Waals surface area (Å²) in [5.41, 5.74) is 2.87. The fraction of sp³-hybridized carbons (Fsp3) is 0.294. The number of nitrogens with zero attached hydrogens (tertiary/aromatic N) is 1. The molecule has 19 heavy (non-hydrogen) atoms. The molecular formula is C17H23NO. The molecule has 2 heteroatoms. The fourth-order valence-corrected chi connectivity index (χ4v) is 1.54. The highest BCUT2D eigenvalue weighted by molar-refractivity contribution is 6.01. The van der Waals surface area contributed by atoms with E-state index in [0.29, 0.717) is 11.1 Å². The van der Waals surface area contributed by atoms with Gasteiger partial charge < -0.3 is 0 Å². The summed E-state index contributed by atoms with van der Waals surface area (Å²) >= 11 is 0. The van der Waals surface area contributed by atoms with Crippen molar-refractivity contribution in [3.05, 3.63) is 60.8 Å². The summed E-state index contributed by atoms with van der Waals surface area (Å²) in [4.78, 5) is 14.7. The molecular weight excluding hydrogens is 234 g/mol. The molecule has 0 aliphatic heterocycles. The SMILES string of the molecule is C=NC(=O)C(=C)C(=C)C(=C)C(=C)C(=C)CCCCC. The first-order valence-electron chi connectivity index (χ1n) is 6.32.